The van der Waals surface area contributed by atoms with Crippen molar-refractivity contribution in [1.29, 1.82) is 0 Å². The second kappa shape index (κ2) is 7.73. The number of carbonyl (C=O) groups is 1. The zero-order valence-electron chi connectivity index (χ0n) is 14.5. The molecule has 1 unspecified atom stereocenters. The maximum atomic E-state index is 12.6. The summed E-state index contributed by atoms with van der Waals surface area (Å²) >= 11 is 0. The molecule has 0 saturated carbocycles. The lowest BCUT2D eigenvalue weighted by Gasteiger charge is -2.17. The van der Waals surface area contributed by atoms with Crippen LogP contribution in [0.3, 0.4) is 0 Å². The fraction of sp³-hybridized carbons (Fsp3) is 0.158. The Labute approximate surface area is 156 Å². The van der Waals surface area contributed by atoms with Gasteiger partial charge < -0.3 is 9.15 Å². The van der Waals surface area contributed by atoms with Crippen LogP contribution in [0.2, 0.25) is 0 Å². The average molecular weight is 386 g/mol. The summed E-state index contributed by atoms with van der Waals surface area (Å²) < 4.78 is 33.5. The number of esters is 1. The molecule has 1 aromatic heterocycles. The first-order chi connectivity index (χ1) is 12.9. The highest BCUT2D eigenvalue weighted by atomic mass is 32.2. The fourth-order valence-corrected chi connectivity index (χ4v) is 3.31. The number of nitrogens with two attached hydrogens (primary N) is 1. The van der Waals surface area contributed by atoms with E-state index in [-0.39, 0.29) is 17.4 Å². The molecule has 0 spiro atoms. The monoisotopic (exact) mass is 386 g/mol. The molecule has 1 heterocycles. The Bertz CT molecular complexity index is 1030. The number of benzene rings is 2. The minimum atomic E-state index is -3.78. The van der Waals surface area contributed by atoms with Crippen LogP contribution in [0.15, 0.2) is 70.3 Å². The van der Waals surface area contributed by atoms with E-state index in [0.29, 0.717) is 5.56 Å². The molecule has 3 aromatic rings. The normalized spacial score (nSPS) is 12.5. The number of aromatic nitrogens is 1. The van der Waals surface area contributed by atoms with Crippen molar-refractivity contribution in [2.45, 2.75) is 17.7 Å². The van der Waals surface area contributed by atoms with Crippen LogP contribution in [0, 0.1) is 0 Å². The molecule has 0 fully saturated rings. The van der Waals surface area contributed by atoms with Gasteiger partial charge in [0.2, 0.25) is 15.9 Å². The zero-order chi connectivity index (χ0) is 19.4. The highest BCUT2D eigenvalue weighted by Gasteiger charge is 2.30. The van der Waals surface area contributed by atoms with Crippen molar-refractivity contribution in [1.82, 2.24) is 4.98 Å². The fourth-order valence-electron chi connectivity index (χ4n) is 2.80. The van der Waals surface area contributed by atoms with E-state index in [1.165, 1.54) is 24.6 Å². The molecule has 140 valence electrons. The Hall–Kier alpha value is -2.97. The Morgan fingerprint density at radius 2 is 1.89 bits per heavy atom. The van der Waals surface area contributed by atoms with Gasteiger partial charge in [0.1, 0.15) is 6.26 Å². The van der Waals surface area contributed by atoms with Crippen molar-refractivity contribution in [3.8, 4) is 11.1 Å². The topological polar surface area (TPSA) is 112 Å². The first kappa shape index (κ1) is 18.8. The van der Waals surface area contributed by atoms with Gasteiger partial charge >= 0.3 is 5.97 Å². The Kier molecular flexibility index (Phi) is 5.38. The number of carbonyl (C=O) groups excluding carboxylic acids is 1. The minimum Gasteiger partial charge on any atom is -0.465 e. The van der Waals surface area contributed by atoms with Gasteiger partial charge in [-0.25, -0.2) is 18.5 Å². The van der Waals surface area contributed by atoms with E-state index in [4.69, 9.17) is 14.3 Å². The van der Waals surface area contributed by atoms with Crippen LogP contribution in [0.25, 0.3) is 11.1 Å². The summed E-state index contributed by atoms with van der Waals surface area (Å²) in [7, 11) is -3.78. The first-order valence-corrected chi connectivity index (χ1v) is 9.74. The molecular formula is C19H18N2O5S. The van der Waals surface area contributed by atoms with Gasteiger partial charge in [-0.1, -0.05) is 36.4 Å². The van der Waals surface area contributed by atoms with Crippen molar-refractivity contribution in [3.05, 3.63) is 72.4 Å². The van der Waals surface area contributed by atoms with E-state index < -0.39 is 21.9 Å². The van der Waals surface area contributed by atoms with E-state index >= 15 is 0 Å². The number of hydrogen-bond donors (Lipinski definition) is 1. The van der Waals surface area contributed by atoms with Crippen LogP contribution in [-0.2, 0) is 19.6 Å². The Morgan fingerprint density at radius 3 is 2.48 bits per heavy atom. The third-order valence-corrected chi connectivity index (χ3v) is 4.92. The van der Waals surface area contributed by atoms with E-state index in [0.717, 1.165) is 11.1 Å². The van der Waals surface area contributed by atoms with Crippen LogP contribution in [0.1, 0.15) is 24.3 Å². The van der Waals surface area contributed by atoms with Gasteiger partial charge in [-0.2, -0.15) is 0 Å². The summed E-state index contributed by atoms with van der Waals surface area (Å²) in [6.07, 6.45) is 2.86. The molecule has 2 aromatic carbocycles. The SMILES string of the molecule is CCOC(=O)C(c1ncco1)c1ccccc1-c1ccc(S(N)(=O)=O)cc1. The summed E-state index contributed by atoms with van der Waals surface area (Å²) in [5, 5.41) is 5.15. The smallest absolute Gasteiger partial charge is 0.322 e. The maximum absolute atomic E-state index is 12.6. The maximum Gasteiger partial charge on any atom is 0.322 e. The van der Waals surface area contributed by atoms with Crippen LogP contribution in [0.4, 0.5) is 0 Å². The standard InChI is InChI=1S/C19H18N2O5S/c1-2-25-19(22)17(18-21-11-12-26-18)16-6-4-3-5-15(16)13-7-9-14(10-8-13)27(20,23)24/h3-12,17H,2H2,1H3,(H2,20,23,24). The third-order valence-electron chi connectivity index (χ3n) is 3.99. The van der Waals surface area contributed by atoms with E-state index in [2.05, 4.69) is 4.98 Å². The highest BCUT2D eigenvalue weighted by Crippen LogP contribution is 2.34. The van der Waals surface area contributed by atoms with E-state index in [9.17, 15) is 13.2 Å². The molecule has 0 aliphatic heterocycles. The number of nitrogens with zero attached hydrogens (tertiary/aromatic N) is 1. The average Bonchev–Trinajstić information content (AvgIpc) is 3.16. The van der Waals surface area contributed by atoms with Crippen molar-refractivity contribution in [2.24, 2.45) is 5.14 Å². The Balaban J connectivity index is 2.10. The van der Waals surface area contributed by atoms with Crippen LogP contribution in [0.5, 0.6) is 0 Å². The molecule has 0 aliphatic rings. The highest BCUT2D eigenvalue weighted by molar-refractivity contribution is 7.89. The third kappa shape index (κ3) is 4.07. The van der Waals surface area contributed by atoms with Crippen LogP contribution >= 0.6 is 0 Å². The van der Waals surface area contributed by atoms with Gasteiger partial charge in [-0.05, 0) is 35.7 Å². The number of rotatable bonds is 6. The van der Waals surface area contributed by atoms with Crippen LogP contribution in [-0.4, -0.2) is 26.0 Å². The molecular weight excluding hydrogens is 368 g/mol. The molecule has 0 amide bonds. The summed E-state index contributed by atoms with van der Waals surface area (Å²) in [6, 6.07) is 13.4. The van der Waals surface area contributed by atoms with Crippen LogP contribution < -0.4 is 5.14 Å². The second-order valence-electron chi connectivity index (χ2n) is 5.71. The van der Waals surface area contributed by atoms with Gasteiger partial charge in [-0.15, -0.1) is 0 Å². The molecule has 27 heavy (non-hydrogen) atoms. The molecule has 2 N–H and O–H groups in total. The number of ether oxygens (including phenoxy) is 1. The molecule has 3 rings (SSSR count). The van der Waals surface area contributed by atoms with E-state index in [1.54, 1.807) is 31.2 Å². The minimum absolute atomic E-state index is 0.0124. The lowest BCUT2D eigenvalue weighted by molar-refractivity contribution is -0.144. The molecule has 1 atom stereocenters. The first-order valence-electron chi connectivity index (χ1n) is 8.20. The van der Waals surface area contributed by atoms with Gasteiger partial charge in [0, 0.05) is 0 Å². The number of hydrogen-bond acceptors (Lipinski definition) is 6. The summed E-state index contributed by atoms with van der Waals surface area (Å²) in [5.74, 6) is -1.09. The van der Waals surface area contributed by atoms with Gasteiger partial charge in [0.25, 0.3) is 0 Å². The van der Waals surface area contributed by atoms with Gasteiger partial charge in [0.05, 0.1) is 17.7 Å². The Morgan fingerprint density at radius 1 is 1.19 bits per heavy atom. The predicted octanol–water partition coefficient (Wildman–Crippen LogP) is 2.68. The molecule has 0 aliphatic carbocycles. The van der Waals surface area contributed by atoms with E-state index in [1.807, 2.05) is 12.1 Å². The lowest BCUT2D eigenvalue weighted by atomic mass is 9.90. The molecule has 0 saturated heterocycles. The van der Waals surface area contributed by atoms with Crippen molar-refractivity contribution in [2.75, 3.05) is 6.61 Å². The van der Waals surface area contributed by atoms with Crippen molar-refractivity contribution >= 4 is 16.0 Å². The van der Waals surface area contributed by atoms with Gasteiger partial charge in [0.15, 0.2) is 5.92 Å². The lowest BCUT2D eigenvalue weighted by Crippen LogP contribution is -2.18. The number of oxazole rings is 1. The quantitative estimate of drug-likeness (QED) is 0.652. The van der Waals surface area contributed by atoms with Crippen molar-refractivity contribution in [3.63, 3.8) is 0 Å². The number of primary sulfonamides is 1. The summed E-state index contributed by atoms with van der Waals surface area (Å²) in [6.45, 7) is 1.95. The van der Waals surface area contributed by atoms with Crippen molar-refractivity contribution < 1.29 is 22.4 Å². The largest absolute Gasteiger partial charge is 0.465 e. The molecule has 7 nitrogen and oxygen atoms in total. The molecule has 0 radical (unpaired) electrons. The zero-order valence-corrected chi connectivity index (χ0v) is 15.3. The van der Waals surface area contributed by atoms with Gasteiger partial charge in [-0.3, -0.25) is 4.79 Å². The molecule has 8 heteroatoms. The number of sulfonamides is 1. The molecule has 0 bridgehead atoms. The predicted molar refractivity (Wildman–Crippen MR) is 98.2 cm³/mol. The second-order valence-corrected chi connectivity index (χ2v) is 7.27. The summed E-state index contributed by atoms with van der Waals surface area (Å²) in [5.41, 5.74) is 2.09. The summed E-state index contributed by atoms with van der Waals surface area (Å²) in [4.78, 5) is 16.7.